The highest BCUT2D eigenvalue weighted by atomic mass is 35.5. The number of hydrogen-bond acceptors (Lipinski definition) is 3. The van der Waals surface area contributed by atoms with Crippen molar-refractivity contribution in [3.8, 4) is 0 Å². The fourth-order valence-corrected chi connectivity index (χ4v) is 0.409. The van der Waals surface area contributed by atoms with Crippen LogP contribution in [-0.2, 0) is 9.59 Å². The van der Waals surface area contributed by atoms with Crippen molar-refractivity contribution in [2.24, 2.45) is 4.99 Å². The molecule has 3 nitrogen and oxygen atoms in total. The zero-order valence-electron chi connectivity index (χ0n) is 5.16. The predicted molar refractivity (Wildman–Crippen MR) is 39.9 cm³/mol. The van der Waals surface area contributed by atoms with Gasteiger partial charge in [-0.15, -0.1) is 0 Å². The average molecular weight is 160 g/mol. The molecule has 4 heteroatoms. The first-order chi connectivity index (χ1) is 4.81. The van der Waals surface area contributed by atoms with Crippen molar-refractivity contribution in [2.75, 3.05) is 0 Å². The summed E-state index contributed by atoms with van der Waals surface area (Å²) in [6, 6.07) is 0. The molecule has 0 atom stereocenters. The second-order valence-corrected chi connectivity index (χ2v) is 1.60. The number of ketones is 1. The largest absolute Gasteiger partial charge is 0.293 e. The molecule has 0 amide bonds. The molecule has 0 saturated carbocycles. The number of rotatable bonds is 0. The molecule has 0 aromatic heterocycles. The molecule has 0 aliphatic carbocycles. The summed E-state index contributed by atoms with van der Waals surface area (Å²) >= 11 is 4.32. The zero-order valence-corrected chi connectivity index (χ0v) is 5.91. The number of nitrogens with zero attached hydrogens (tertiary/aromatic N) is 1. The van der Waals surface area contributed by atoms with E-state index in [1.165, 1.54) is 6.21 Å². The quantitative estimate of drug-likeness (QED) is 0.390. The summed E-state index contributed by atoms with van der Waals surface area (Å²) in [7, 11) is 0. The third kappa shape index (κ3) is 5.18. The van der Waals surface area contributed by atoms with E-state index >= 15 is 0 Å². The van der Waals surface area contributed by atoms with Crippen molar-refractivity contribution in [2.45, 2.75) is 6.42 Å². The Morgan fingerprint density at radius 3 is 2.50 bits per heavy atom. The summed E-state index contributed by atoms with van der Waals surface area (Å²) in [5.74, 6) is 0.308. The van der Waals surface area contributed by atoms with E-state index in [2.05, 4.69) is 16.6 Å². The lowest BCUT2D eigenvalue weighted by Crippen LogP contribution is -1.98. The van der Waals surface area contributed by atoms with Crippen molar-refractivity contribution in [3.63, 3.8) is 0 Å². The Balaban J connectivity index is 0.000000236. The van der Waals surface area contributed by atoms with E-state index in [1.54, 1.807) is 12.3 Å². The van der Waals surface area contributed by atoms with E-state index in [0.717, 1.165) is 0 Å². The van der Waals surface area contributed by atoms with Gasteiger partial charge < -0.3 is 0 Å². The Hall–Kier alpha value is -0.960. The highest BCUT2D eigenvalue weighted by Gasteiger charge is 1.93. The van der Waals surface area contributed by atoms with E-state index in [0.29, 0.717) is 6.42 Å². The summed E-state index contributed by atoms with van der Waals surface area (Å²) < 4.78 is 0. The van der Waals surface area contributed by atoms with Crippen LogP contribution < -0.4 is 0 Å². The fraction of sp³-hybridized carbons (Fsp3) is 0.167. The molecule has 10 heavy (non-hydrogen) atoms. The maximum atomic E-state index is 10.3. The van der Waals surface area contributed by atoms with Gasteiger partial charge in [-0.1, -0.05) is 6.08 Å². The molecule has 0 unspecified atom stereocenters. The zero-order chi connectivity index (χ0) is 7.82. The lowest BCUT2D eigenvalue weighted by molar-refractivity contribution is -0.111. The van der Waals surface area contributed by atoms with Crippen LogP contribution in [0, 0.1) is 0 Å². The van der Waals surface area contributed by atoms with E-state index in [9.17, 15) is 4.79 Å². The summed E-state index contributed by atoms with van der Waals surface area (Å²) in [6.07, 6.45) is 5.22. The second-order valence-electron chi connectivity index (χ2n) is 1.42. The van der Waals surface area contributed by atoms with Crippen LogP contribution in [0.25, 0.3) is 0 Å². The van der Waals surface area contributed by atoms with Crippen LogP contribution in [-0.4, -0.2) is 17.7 Å². The van der Waals surface area contributed by atoms with E-state index in [1.807, 2.05) is 0 Å². The Morgan fingerprint density at radius 1 is 1.70 bits per heavy atom. The maximum Gasteiger partial charge on any atom is 0.208 e. The van der Waals surface area contributed by atoms with Crippen molar-refractivity contribution in [3.05, 3.63) is 12.3 Å². The van der Waals surface area contributed by atoms with Crippen LogP contribution in [0.3, 0.4) is 0 Å². The Morgan fingerprint density at radius 2 is 2.30 bits per heavy atom. The van der Waals surface area contributed by atoms with Crippen molar-refractivity contribution in [1.82, 2.24) is 0 Å². The average Bonchev–Trinajstić information content (AvgIpc) is 1.91. The summed E-state index contributed by atoms with van der Waals surface area (Å²) in [6.45, 7) is 0. The van der Waals surface area contributed by atoms with Crippen LogP contribution in [0.5, 0.6) is 0 Å². The lowest BCUT2D eigenvalue weighted by Gasteiger charge is -1.88. The molecular formula is C6H6ClNO2. The standard InChI is InChI=1S/C5H5NO.CHClO/c7-5-2-1-3-6-4-5;2-1-3/h1,3-4H,2H2;1H. The topological polar surface area (TPSA) is 46.5 Å². The van der Waals surface area contributed by atoms with Gasteiger partial charge in [0.2, 0.25) is 5.75 Å². The van der Waals surface area contributed by atoms with Gasteiger partial charge in [-0.3, -0.25) is 14.6 Å². The SMILES string of the molecule is O=C1C=NC=CC1.O=CCl. The first kappa shape index (κ1) is 9.04. The van der Waals surface area contributed by atoms with E-state index in [4.69, 9.17) is 4.79 Å². The Kier molecular flexibility index (Phi) is 5.57. The summed E-state index contributed by atoms with van der Waals surface area (Å²) in [5, 5.41) is 0. The molecule has 0 N–H and O–H groups in total. The third-order valence-corrected chi connectivity index (χ3v) is 0.729. The van der Waals surface area contributed by atoms with Crippen LogP contribution >= 0.6 is 11.6 Å². The van der Waals surface area contributed by atoms with Crippen molar-refractivity contribution >= 4 is 29.3 Å². The molecule has 0 radical (unpaired) electrons. The number of aliphatic imine (C=N–C) groups is 1. The smallest absolute Gasteiger partial charge is 0.208 e. The van der Waals surface area contributed by atoms with Gasteiger partial charge in [0.1, 0.15) is 0 Å². The van der Waals surface area contributed by atoms with Gasteiger partial charge in [0, 0.05) is 12.6 Å². The molecule has 1 aliphatic rings. The first-order valence-corrected chi connectivity index (χ1v) is 2.99. The molecular weight excluding hydrogens is 154 g/mol. The summed E-state index contributed by atoms with van der Waals surface area (Å²) in [5.41, 5.74) is 0. The van der Waals surface area contributed by atoms with Gasteiger partial charge in [0.15, 0.2) is 5.78 Å². The first-order valence-electron chi connectivity index (χ1n) is 2.56. The van der Waals surface area contributed by atoms with Crippen molar-refractivity contribution in [1.29, 1.82) is 0 Å². The predicted octanol–water partition coefficient (Wildman–Crippen LogP) is 0.959. The van der Waals surface area contributed by atoms with E-state index in [-0.39, 0.29) is 11.5 Å². The molecule has 1 aliphatic heterocycles. The molecule has 1 heterocycles. The second kappa shape index (κ2) is 6.16. The molecule has 0 fully saturated rings. The number of hydrogen-bond donors (Lipinski definition) is 0. The molecule has 0 saturated heterocycles. The highest BCUT2D eigenvalue weighted by Crippen LogP contribution is 1.89. The molecule has 0 spiro atoms. The normalized spacial score (nSPS) is 13.9. The lowest BCUT2D eigenvalue weighted by atomic mass is 10.3. The molecule has 0 aromatic rings. The van der Waals surface area contributed by atoms with E-state index < -0.39 is 0 Å². The number of carbonyl (C=O) groups excluding carboxylic acids is 2. The van der Waals surface area contributed by atoms with Gasteiger partial charge in [-0.05, 0) is 11.6 Å². The maximum absolute atomic E-state index is 10.3. The van der Waals surface area contributed by atoms with Gasteiger partial charge in [-0.2, -0.15) is 0 Å². The number of Topliss-reactive ketones (excluding diaryl/α,β-unsaturated/α-hetero) is 1. The number of halogens is 1. The third-order valence-electron chi connectivity index (χ3n) is 0.729. The van der Waals surface area contributed by atoms with Crippen LogP contribution in [0.15, 0.2) is 17.3 Å². The minimum atomic E-state index is 0.0856. The fourth-order valence-electron chi connectivity index (χ4n) is 0.409. The van der Waals surface area contributed by atoms with Crippen LogP contribution in [0.4, 0.5) is 0 Å². The number of carbonyl (C=O) groups is 2. The molecule has 1 rings (SSSR count). The van der Waals surface area contributed by atoms with Gasteiger partial charge in [-0.25, -0.2) is 0 Å². The molecule has 0 bridgehead atoms. The molecule has 54 valence electrons. The van der Waals surface area contributed by atoms with Gasteiger partial charge in [0.25, 0.3) is 0 Å². The van der Waals surface area contributed by atoms with Crippen molar-refractivity contribution < 1.29 is 9.59 Å². The minimum absolute atomic E-state index is 0.0856. The van der Waals surface area contributed by atoms with Gasteiger partial charge >= 0.3 is 0 Å². The monoisotopic (exact) mass is 159 g/mol. The van der Waals surface area contributed by atoms with Gasteiger partial charge in [0.05, 0.1) is 6.21 Å². The summed E-state index contributed by atoms with van der Waals surface area (Å²) in [4.78, 5) is 22.4. The van der Waals surface area contributed by atoms with Crippen LogP contribution in [0.2, 0.25) is 0 Å². The van der Waals surface area contributed by atoms with Crippen LogP contribution in [0.1, 0.15) is 6.42 Å². The minimum Gasteiger partial charge on any atom is -0.293 e. The Labute approximate surface area is 63.4 Å². The Bertz CT molecular complexity index is 175. The highest BCUT2D eigenvalue weighted by molar-refractivity contribution is 6.54. The molecule has 0 aromatic carbocycles. The number of allylic oxidation sites excluding steroid dienone is 1.